The Labute approximate surface area is 178 Å². The lowest BCUT2D eigenvalue weighted by Gasteiger charge is -2.06. The number of carbonyl (C=O) groups is 1. The highest BCUT2D eigenvalue weighted by Gasteiger charge is 2.19. The van der Waals surface area contributed by atoms with E-state index >= 15 is 0 Å². The molecule has 5 aromatic rings. The van der Waals surface area contributed by atoms with Crippen molar-refractivity contribution in [2.45, 2.75) is 11.7 Å². The van der Waals surface area contributed by atoms with Crippen LogP contribution in [-0.2, 0) is 11.3 Å². The van der Waals surface area contributed by atoms with E-state index in [0.29, 0.717) is 28.2 Å². The number of carbonyl (C=O) groups excluding carboxylic acids is 1. The van der Waals surface area contributed by atoms with Crippen molar-refractivity contribution < 1.29 is 9.18 Å². The van der Waals surface area contributed by atoms with E-state index in [1.54, 1.807) is 23.7 Å². The monoisotopic (exact) mass is 438 g/mol. The smallest absolute Gasteiger partial charge is 0.237 e. The van der Waals surface area contributed by atoms with Crippen LogP contribution < -0.4 is 5.32 Å². The molecule has 3 aromatic heterocycles. The number of halogens is 1. The van der Waals surface area contributed by atoms with Crippen LogP contribution in [0.5, 0.6) is 0 Å². The summed E-state index contributed by atoms with van der Waals surface area (Å²) < 4.78 is 18.1. The summed E-state index contributed by atoms with van der Waals surface area (Å²) in [7, 11) is 0. The first-order chi connectivity index (χ1) is 14.7. The van der Waals surface area contributed by atoms with Gasteiger partial charge >= 0.3 is 0 Å². The fourth-order valence-electron chi connectivity index (χ4n) is 3.25. The van der Waals surface area contributed by atoms with Gasteiger partial charge in [0.2, 0.25) is 11.7 Å². The van der Waals surface area contributed by atoms with Crippen LogP contribution in [-0.4, -0.2) is 35.8 Å². The molecule has 0 saturated heterocycles. The molecule has 5 rings (SSSR count). The van der Waals surface area contributed by atoms with Gasteiger partial charge in [0.25, 0.3) is 0 Å². The van der Waals surface area contributed by atoms with Crippen molar-refractivity contribution in [3.63, 3.8) is 0 Å². The molecule has 0 spiro atoms. The van der Waals surface area contributed by atoms with Crippen molar-refractivity contribution in [3.8, 4) is 0 Å². The van der Waals surface area contributed by atoms with E-state index in [-0.39, 0.29) is 17.5 Å². The molecule has 1 amide bonds. The summed E-state index contributed by atoms with van der Waals surface area (Å²) in [6.07, 6.45) is 1.64. The summed E-state index contributed by atoms with van der Waals surface area (Å²) in [5.74, 6) is 0.346. The Bertz CT molecular complexity index is 1340. The van der Waals surface area contributed by atoms with Crippen LogP contribution in [0.2, 0.25) is 0 Å². The number of imidazole rings is 1. The van der Waals surface area contributed by atoms with E-state index in [2.05, 4.69) is 20.5 Å². The highest BCUT2D eigenvalue weighted by Crippen LogP contribution is 2.27. The lowest BCUT2D eigenvalue weighted by Crippen LogP contribution is -2.14. The second-order valence-corrected chi connectivity index (χ2v) is 8.30. The summed E-state index contributed by atoms with van der Waals surface area (Å²) in [6.45, 7) is 0.330. The first-order valence-electron chi connectivity index (χ1n) is 9.08. The molecule has 0 aliphatic heterocycles. The van der Waals surface area contributed by atoms with Gasteiger partial charge in [0.05, 0.1) is 23.3 Å². The zero-order valence-corrected chi connectivity index (χ0v) is 17.2. The molecule has 0 radical (unpaired) electrons. The van der Waals surface area contributed by atoms with Gasteiger partial charge < -0.3 is 9.88 Å². The Hall–Kier alpha value is -3.24. The van der Waals surface area contributed by atoms with Gasteiger partial charge in [0.1, 0.15) is 5.82 Å². The number of rotatable bonds is 6. The maximum Gasteiger partial charge on any atom is 0.237 e. The average molecular weight is 439 g/mol. The predicted molar refractivity (Wildman–Crippen MR) is 115 cm³/mol. The van der Waals surface area contributed by atoms with E-state index in [1.807, 2.05) is 39.3 Å². The van der Waals surface area contributed by atoms with Gasteiger partial charge in [0, 0.05) is 17.1 Å². The van der Waals surface area contributed by atoms with E-state index in [9.17, 15) is 9.18 Å². The van der Waals surface area contributed by atoms with Crippen molar-refractivity contribution in [2.75, 3.05) is 11.1 Å². The zero-order chi connectivity index (χ0) is 20.5. The summed E-state index contributed by atoms with van der Waals surface area (Å²) >= 11 is 2.66. The van der Waals surface area contributed by atoms with Crippen molar-refractivity contribution >= 4 is 50.9 Å². The molecule has 0 fully saturated rings. The highest BCUT2D eigenvalue weighted by molar-refractivity contribution is 7.99. The molecule has 150 valence electrons. The number of nitrogens with zero attached hydrogens (tertiary/aromatic N) is 5. The van der Waals surface area contributed by atoms with Gasteiger partial charge in [-0.15, -0.1) is 21.5 Å². The molecule has 30 heavy (non-hydrogen) atoms. The summed E-state index contributed by atoms with van der Waals surface area (Å²) in [4.78, 5) is 16.3. The van der Waals surface area contributed by atoms with Crippen molar-refractivity contribution in [2.24, 2.45) is 0 Å². The summed E-state index contributed by atoms with van der Waals surface area (Å²) in [6, 6.07) is 14.5. The van der Waals surface area contributed by atoms with Crippen molar-refractivity contribution in [1.29, 1.82) is 0 Å². The normalized spacial score (nSPS) is 11.4. The number of hydrogen-bond acceptors (Lipinski definition) is 6. The number of fused-ring (bicyclic) bond motifs is 3. The summed E-state index contributed by atoms with van der Waals surface area (Å²) in [5.41, 5.74) is 2.39. The standard InChI is InChI=1S/C20H15FN6OS2/c21-14-6-2-1-5-13(14)11-26-15-7-3-4-8-16(15)27-19(26)24-25-20(27)30-12-17(28)23-18-22-9-10-29-18/h1-10H,11-12H2,(H,22,23,28). The van der Waals surface area contributed by atoms with E-state index in [0.717, 1.165) is 11.0 Å². The molecule has 7 nitrogen and oxygen atoms in total. The molecule has 1 N–H and O–H groups in total. The van der Waals surface area contributed by atoms with Crippen LogP contribution in [0.25, 0.3) is 16.8 Å². The van der Waals surface area contributed by atoms with Crippen molar-refractivity contribution in [1.82, 2.24) is 24.1 Å². The second kappa shape index (κ2) is 7.88. The SMILES string of the molecule is O=C(CSc1nnc2n(Cc3ccccc3F)c3ccccc3n12)Nc1nccs1. The van der Waals surface area contributed by atoms with Crippen LogP contribution in [0.3, 0.4) is 0 Å². The Morgan fingerprint density at radius 3 is 2.70 bits per heavy atom. The first-order valence-corrected chi connectivity index (χ1v) is 10.9. The molecule has 10 heteroatoms. The number of thioether (sulfide) groups is 1. The fraction of sp³-hybridized carbons (Fsp3) is 0.100. The number of hydrogen-bond donors (Lipinski definition) is 1. The number of nitrogens with one attached hydrogen (secondary N) is 1. The van der Waals surface area contributed by atoms with Crippen LogP contribution in [0, 0.1) is 5.82 Å². The minimum atomic E-state index is -0.263. The molecule has 3 heterocycles. The number of anilines is 1. The molecule has 0 bridgehead atoms. The van der Waals surface area contributed by atoms with Crippen LogP contribution >= 0.6 is 23.1 Å². The number of thiazole rings is 1. The third-order valence-electron chi connectivity index (χ3n) is 4.57. The average Bonchev–Trinajstić information content (AvgIpc) is 3.47. The van der Waals surface area contributed by atoms with Gasteiger partial charge in [-0.25, -0.2) is 9.37 Å². The zero-order valence-electron chi connectivity index (χ0n) is 15.5. The van der Waals surface area contributed by atoms with Crippen LogP contribution in [0.1, 0.15) is 5.56 Å². The number of aromatic nitrogens is 5. The number of benzene rings is 2. The van der Waals surface area contributed by atoms with Crippen LogP contribution in [0.4, 0.5) is 9.52 Å². The molecule has 0 aliphatic carbocycles. The van der Waals surface area contributed by atoms with Gasteiger partial charge in [-0.3, -0.25) is 9.20 Å². The number of amides is 1. The molecule has 0 unspecified atom stereocenters. The van der Waals surface area contributed by atoms with E-state index in [4.69, 9.17) is 0 Å². The van der Waals surface area contributed by atoms with Gasteiger partial charge in [-0.1, -0.05) is 42.1 Å². The molecule has 0 aliphatic rings. The quantitative estimate of drug-likeness (QED) is 0.405. The maximum absolute atomic E-state index is 14.2. The van der Waals surface area contributed by atoms with E-state index in [1.165, 1.54) is 29.2 Å². The van der Waals surface area contributed by atoms with Crippen molar-refractivity contribution in [3.05, 3.63) is 71.5 Å². The topological polar surface area (TPSA) is 77.1 Å². The Balaban J connectivity index is 1.48. The minimum absolute atomic E-state index is 0.165. The van der Waals surface area contributed by atoms with Crippen LogP contribution in [0.15, 0.2) is 65.3 Å². The largest absolute Gasteiger partial charge is 0.304 e. The number of para-hydroxylation sites is 2. The molecule has 0 atom stereocenters. The highest BCUT2D eigenvalue weighted by atomic mass is 32.2. The van der Waals surface area contributed by atoms with Gasteiger partial charge in [-0.2, -0.15) is 0 Å². The maximum atomic E-state index is 14.2. The fourth-order valence-corrected chi connectivity index (χ4v) is 4.54. The Kier molecular flexibility index (Phi) is 4.93. The third-order valence-corrected chi connectivity index (χ3v) is 6.19. The molecule has 2 aromatic carbocycles. The van der Waals surface area contributed by atoms with Gasteiger partial charge in [-0.05, 0) is 18.2 Å². The predicted octanol–water partition coefficient (Wildman–Crippen LogP) is 4.06. The lowest BCUT2D eigenvalue weighted by molar-refractivity contribution is -0.113. The second-order valence-electron chi connectivity index (χ2n) is 6.46. The Morgan fingerprint density at radius 2 is 1.90 bits per heavy atom. The molecular weight excluding hydrogens is 423 g/mol. The molecule has 0 saturated carbocycles. The minimum Gasteiger partial charge on any atom is -0.304 e. The summed E-state index contributed by atoms with van der Waals surface area (Å²) in [5, 5.41) is 14.3. The Morgan fingerprint density at radius 1 is 1.10 bits per heavy atom. The molecular formula is C20H15FN6OS2. The lowest BCUT2D eigenvalue weighted by atomic mass is 10.2. The van der Waals surface area contributed by atoms with E-state index < -0.39 is 0 Å². The first kappa shape index (κ1) is 18.8. The third kappa shape index (κ3) is 3.44. The van der Waals surface area contributed by atoms with Gasteiger partial charge in [0.15, 0.2) is 10.3 Å².